The summed E-state index contributed by atoms with van der Waals surface area (Å²) in [5.41, 5.74) is 0.190. The van der Waals surface area contributed by atoms with Gasteiger partial charge in [-0.2, -0.15) is 0 Å². The second-order valence-electron chi connectivity index (χ2n) is 2.72. The lowest BCUT2D eigenvalue weighted by molar-refractivity contribution is 0.102. The number of amides is 1. The lowest BCUT2D eigenvalue weighted by atomic mass is 10.2. The Labute approximate surface area is 102 Å². The molecule has 16 heavy (non-hydrogen) atoms. The molecule has 0 radical (unpaired) electrons. The summed E-state index contributed by atoms with van der Waals surface area (Å²) in [6.07, 6.45) is 0. The number of benzene rings is 1. The van der Waals surface area contributed by atoms with Gasteiger partial charge in [0.2, 0.25) is 5.13 Å². The van der Waals surface area contributed by atoms with E-state index in [9.17, 15) is 9.18 Å². The predicted molar refractivity (Wildman–Crippen MR) is 59.8 cm³/mol. The van der Waals surface area contributed by atoms with Gasteiger partial charge in [-0.1, -0.05) is 15.7 Å². The Bertz CT molecular complexity index is 519. The number of halogens is 2. The lowest BCUT2D eigenvalue weighted by Crippen LogP contribution is -2.12. The van der Waals surface area contributed by atoms with Crippen molar-refractivity contribution in [2.75, 3.05) is 5.32 Å². The molecule has 1 amide bonds. The third-order valence-electron chi connectivity index (χ3n) is 1.72. The zero-order valence-corrected chi connectivity index (χ0v) is 10.0. The van der Waals surface area contributed by atoms with Crippen molar-refractivity contribution in [1.29, 1.82) is 0 Å². The van der Waals surface area contributed by atoms with Crippen LogP contribution in [-0.4, -0.2) is 20.7 Å². The summed E-state index contributed by atoms with van der Waals surface area (Å²) in [5.74, 6) is -0.965. The molecule has 2 aromatic rings. The first kappa shape index (κ1) is 11.1. The quantitative estimate of drug-likeness (QED) is 0.922. The molecule has 0 spiro atoms. The number of carbonyl (C=O) groups is 1. The maximum atomic E-state index is 13.2. The second kappa shape index (κ2) is 4.62. The van der Waals surface area contributed by atoms with Gasteiger partial charge in [0, 0.05) is 11.5 Å². The Morgan fingerprint density at radius 1 is 1.50 bits per heavy atom. The van der Waals surface area contributed by atoms with Gasteiger partial charge in [-0.25, -0.2) is 4.39 Å². The third-order valence-corrected chi connectivity index (χ3v) is 3.03. The van der Waals surface area contributed by atoms with Crippen LogP contribution in [0, 0.1) is 5.82 Å². The van der Waals surface area contributed by atoms with E-state index in [2.05, 4.69) is 36.0 Å². The molecule has 0 aliphatic heterocycles. The molecule has 0 atom stereocenters. The summed E-state index contributed by atoms with van der Waals surface area (Å²) in [6.45, 7) is 0. The predicted octanol–water partition coefficient (Wildman–Crippen LogP) is 2.09. The molecular formula is C8H4BrFN4OS. The maximum absolute atomic E-state index is 13.2. The van der Waals surface area contributed by atoms with Crippen LogP contribution in [0.1, 0.15) is 10.4 Å². The first-order valence-corrected chi connectivity index (χ1v) is 5.65. The van der Waals surface area contributed by atoms with Gasteiger partial charge in [-0.15, -0.1) is 0 Å². The zero-order chi connectivity index (χ0) is 11.5. The molecule has 0 unspecified atom stereocenters. The topological polar surface area (TPSA) is 67.8 Å². The Morgan fingerprint density at radius 3 is 3.00 bits per heavy atom. The lowest BCUT2D eigenvalue weighted by Gasteiger charge is -2.03. The fraction of sp³-hybridized carbons (Fsp3) is 0. The number of rotatable bonds is 2. The Balaban J connectivity index is 2.24. The molecule has 0 aliphatic rings. The van der Waals surface area contributed by atoms with E-state index < -0.39 is 11.7 Å². The molecule has 0 saturated carbocycles. The third kappa shape index (κ3) is 2.22. The molecule has 0 aliphatic carbocycles. The SMILES string of the molecule is O=C(Nc1nnns1)c1cccc(F)c1Br. The average Bonchev–Trinajstić information content (AvgIpc) is 2.74. The molecule has 8 heteroatoms. The number of nitrogens with one attached hydrogen (secondary N) is 1. The van der Waals surface area contributed by atoms with E-state index in [0.717, 1.165) is 11.5 Å². The van der Waals surface area contributed by atoms with Crippen molar-refractivity contribution in [3.8, 4) is 0 Å². The van der Waals surface area contributed by atoms with E-state index in [1.54, 1.807) is 0 Å². The van der Waals surface area contributed by atoms with Crippen molar-refractivity contribution in [2.45, 2.75) is 0 Å². The normalized spacial score (nSPS) is 10.1. The van der Waals surface area contributed by atoms with Crippen molar-refractivity contribution in [2.24, 2.45) is 0 Å². The van der Waals surface area contributed by atoms with Gasteiger partial charge in [0.05, 0.1) is 10.0 Å². The molecule has 82 valence electrons. The molecule has 0 fully saturated rings. The van der Waals surface area contributed by atoms with Crippen LogP contribution < -0.4 is 5.32 Å². The molecule has 2 rings (SSSR count). The summed E-state index contributed by atoms with van der Waals surface area (Å²) in [5, 5.41) is 9.60. The smallest absolute Gasteiger partial charge is 0.258 e. The zero-order valence-electron chi connectivity index (χ0n) is 7.65. The minimum Gasteiger partial charge on any atom is -0.295 e. The van der Waals surface area contributed by atoms with Crippen LogP contribution in [-0.2, 0) is 0 Å². The number of carbonyl (C=O) groups excluding carboxylic acids is 1. The molecule has 1 heterocycles. The summed E-state index contributed by atoms with van der Waals surface area (Å²) in [4.78, 5) is 11.7. The first-order valence-electron chi connectivity index (χ1n) is 4.09. The number of anilines is 1. The summed E-state index contributed by atoms with van der Waals surface area (Å²) >= 11 is 3.94. The van der Waals surface area contributed by atoms with Gasteiger partial charge >= 0.3 is 0 Å². The van der Waals surface area contributed by atoms with Crippen LogP contribution in [0.15, 0.2) is 22.7 Å². The summed E-state index contributed by atoms with van der Waals surface area (Å²) in [6, 6.07) is 4.21. The van der Waals surface area contributed by atoms with Crippen LogP contribution in [0.5, 0.6) is 0 Å². The molecular weight excluding hydrogens is 299 g/mol. The van der Waals surface area contributed by atoms with Crippen LogP contribution in [0.4, 0.5) is 9.52 Å². The van der Waals surface area contributed by atoms with Crippen molar-refractivity contribution < 1.29 is 9.18 Å². The largest absolute Gasteiger partial charge is 0.295 e. The highest BCUT2D eigenvalue weighted by molar-refractivity contribution is 9.10. The molecule has 0 saturated heterocycles. The van der Waals surface area contributed by atoms with Crippen molar-refractivity contribution in [3.63, 3.8) is 0 Å². The molecule has 0 bridgehead atoms. The van der Waals surface area contributed by atoms with E-state index in [4.69, 9.17) is 0 Å². The average molecular weight is 303 g/mol. The summed E-state index contributed by atoms with van der Waals surface area (Å²) in [7, 11) is 0. The highest BCUT2D eigenvalue weighted by Gasteiger charge is 2.14. The van der Waals surface area contributed by atoms with Gasteiger partial charge in [0.25, 0.3) is 5.91 Å². The minimum absolute atomic E-state index is 0.116. The number of aromatic nitrogens is 3. The van der Waals surface area contributed by atoms with E-state index in [-0.39, 0.29) is 15.2 Å². The van der Waals surface area contributed by atoms with Gasteiger partial charge in [-0.3, -0.25) is 10.1 Å². The standard InChI is InChI=1S/C8H4BrFN4OS/c9-6-4(2-1-3-5(6)10)7(15)11-8-12-13-14-16-8/h1-3H,(H,11,12,14,15). The Morgan fingerprint density at radius 2 is 2.31 bits per heavy atom. The fourth-order valence-corrected chi connectivity index (χ4v) is 1.83. The Hall–Kier alpha value is -1.41. The molecule has 5 nitrogen and oxygen atoms in total. The van der Waals surface area contributed by atoms with Crippen LogP contribution in [0.3, 0.4) is 0 Å². The van der Waals surface area contributed by atoms with Gasteiger partial charge in [0.15, 0.2) is 0 Å². The van der Waals surface area contributed by atoms with E-state index in [1.807, 2.05) is 0 Å². The van der Waals surface area contributed by atoms with Crippen LogP contribution >= 0.6 is 27.5 Å². The maximum Gasteiger partial charge on any atom is 0.258 e. The minimum atomic E-state index is -0.497. The van der Waals surface area contributed by atoms with E-state index in [1.165, 1.54) is 18.2 Å². The van der Waals surface area contributed by atoms with Gasteiger partial charge in [0.1, 0.15) is 5.82 Å². The fourth-order valence-electron chi connectivity index (χ4n) is 1.03. The molecule has 1 aromatic carbocycles. The van der Waals surface area contributed by atoms with E-state index >= 15 is 0 Å². The van der Waals surface area contributed by atoms with Crippen molar-refractivity contribution >= 4 is 38.5 Å². The van der Waals surface area contributed by atoms with Crippen molar-refractivity contribution in [1.82, 2.24) is 14.8 Å². The van der Waals surface area contributed by atoms with Gasteiger partial charge < -0.3 is 0 Å². The number of hydrogen-bond donors (Lipinski definition) is 1. The molecule has 1 aromatic heterocycles. The van der Waals surface area contributed by atoms with E-state index in [0.29, 0.717) is 0 Å². The highest BCUT2D eigenvalue weighted by atomic mass is 79.9. The number of nitrogens with zero attached hydrogens (tertiary/aromatic N) is 3. The van der Waals surface area contributed by atoms with Gasteiger partial charge in [-0.05, 0) is 33.3 Å². The van der Waals surface area contributed by atoms with Crippen LogP contribution in [0.2, 0.25) is 0 Å². The van der Waals surface area contributed by atoms with Crippen LogP contribution in [0.25, 0.3) is 0 Å². The van der Waals surface area contributed by atoms with Crippen molar-refractivity contribution in [3.05, 3.63) is 34.1 Å². The first-order chi connectivity index (χ1) is 7.68. The summed E-state index contributed by atoms with van der Waals surface area (Å²) < 4.78 is 16.8. The second-order valence-corrected chi connectivity index (χ2v) is 4.25. The number of hydrogen-bond acceptors (Lipinski definition) is 5. The monoisotopic (exact) mass is 302 g/mol. The molecule has 1 N–H and O–H groups in total. The Kier molecular flexibility index (Phi) is 3.20. The highest BCUT2D eigenvalue weighted by Crippen LogP contribution is 2.21.